The molecular weight excluding hydrogens is 333 g/mol. The minimum absolute atomic E-state index is 0.151. The summed E-state index contributed by atoms with van der Waals surface area (Å²) in [6, 6.07) is 0. The first-order valence-electron chi connectivity index (χ1n) is 8.71. The predicted octanol–water partition coefficient (Wildman–Crippen LogP) is -1.18. The minimum atomic E-state index is -4.34. The Balaban J connectivity index is 2.09. The molecule has 0 aromatic heterocycles. The lowest BCUT2D eigenvalue weighted by molar-refractivity contribution is -0.195. The second kappa shape index (κ2) is 9.05. The van der Waals surface area contributed by atoms with Gasteiger partial charge in [0.15, 0.2) is 0 Å². The molecule has 142 valence electrons. The molecule has 0 saturated carbocycles. The van der Waals surface area contributed by atoms with Crippen molar-refractivity contribution in [2.45, 2.75) is 26.1 Å². The summed E-state index contributed by atoms with van der Waals surface area (Å²) in [6.45, 7) is 10.2. The molecule has 2 fully saturated rings. The number of hydrogen-bond donors (Lipinski definition) is 2. The van der Waals surface area contributed by atoms with E-state index in [1.54, 1.807) is 11.8 Å². The molecule has 2 bridgehead atoms. The molecule has 2 aliphatic heterocycles. The fourth-order valence-corrected chi connectivity index (χ4v) is 4.34. The lowest BCUT2D eigenvalue weighted by atomic mass is 10.1. The Morgan fingerprint density at radius 3 is 2.54 bits per heavy atom. The number of rotatable bonds is 4. The van der Waals surface area contributed by atoms with Gasteiger partial charge in [-0.15, -0.1) is 0 Å². The van der Waals surface area contributed by atoms with Crippen LogP contribution in [0.15, 0.2) is 0 Å². The van der Waals surface area contributed by atoms with E-state index in [0.717, 1.165) is 26.2 Å². The largest absolute Gasteiger partial charge is 0.778 e. The molecule has 0 aliphatic carbocycles. The number of hydrogen-bond acceptors (Lipinski definition) is 7. The number of aliphatic hydroxyl groups excluding tert-OH is 1. The second-order valence-electron chi connectivity index (χ2n) is 7.28. The summed E-state index contributed by atoms with van der Waals surface area (Å²) in [5.41, 5.74) is 0. The maximum atomic E-state index is 11.4. The average Bonchev–Trinajstić information content (AvgIpc) is 2.60. The first-order chi connectivity index (χ1) is 11.2. The molecule has 0 aromatic rings. The van der Waals surface area contributed by atoms with E-state index in [9.17, 15) is 19.5 Å². The van der Waals surface area contributed by atoms with Crippen LogP contribution < -0.4 is 4.89 Å². The highest BCUT2D eigenvalue weighted by Gasteiger charge is 2.27. The van der Waals surface area contributed by atoms with E-state index < -0.39 is 13.7 Å². The lowest BCUT2D eigenvalue weighted by Gasteiger charge is -2.36. The van der Waals surface area contributed by atoms with Crippen molar-refractivity contribution in [1.29, 1.82) is 0 Å². The average molecular weight is 364 g/mol. The van der Waals surface area contributed by atoms with Crippen molar-refractivity contribution in [3.63, 3.8) is 0 Å². The molecule has 0 amide bonds. The summed E-state index contributed by atoms with van der Waals surface area (Å²) < 4.78 is 17.2. The zero-order chi connectivity index (χ0) is 17.7. The van der Waals surface area contributed by atoms with E-state index in [4.69, 9.17) is 4.74 Å². The molecule has 3 unspecified atom stereocenters. The highest BCUT2D eigenvalue weighted by atomic mass is 31.2. The summed E-state index contributed by atoms with van der Waals surface area (Å²) in [5, 5.41) is 9.68. The first-order valence-corrected chi connectivity index (χ1v) is 10.5. The molecule has 2 N–H and O–H groups in total. The summed E-state index contributed by atoms with van der Waals surface area (Å²) in [6.07, 6.45) is -0.608. The van der Waals surface area contributed by atoms with E-state index >= 15 is 0 Å². The predicted molar refractivity (Wildman–Crippen MR) is 89.7 cm³/mol. The van der Waals surface area contributed by atoms with Crippen LogP contribution in [0.5, 0.6) is 0 Å². The van der Waals surface area contributed by atoms with E-state index in [1.165, 1.54) is 0 Å². The van der Waals surface area contributed by atoms with Gasteiger partial charge in [-0.05, 0) is 13.8 Å². The summed E-state index contributed by atoms with van der Waals surface area (Å²) in [5.74, 6) is 0.227. The number of fused-ring (bicyclic) bond motifs is 2. The third kappa shape index (κ3) is 7.45. The van der Waals surface area contributed by atoms with E-state index in [-0.39, 0.29) is 18.3 Å². The normalized spacial score (nSPS) is 35.0. The number of ether oxygens (including phenoxy) is 1. The van der Waals surface area contributed by atoms with Crippen molar-refractivity contribution in [3.8, 4) is 0 Å². The summed E-state index contributed by atoms with van der Waals surface area (Å²) in [4.78, 5) is 26.9. The Morgan fingerprint density at radius 1 is 1.21 bits per heavy atom. The topological polar surface area (TPSA) is 99.5 Å². The van der Waals surface area contributed by atoms with Crippen LogP contribution >= 0.6 is 7.60 Å². The number of nitrogens with zero attached hydrogens (tertiary/aromatic N) is 3. The molecule has 9 heteroatoms. The van der Waals surface area contributed by atoms with Crippen molar-refractivity contribution in [2.75, 3.05) is 65.3 Å². The Kier molecular flexibility index (Phi) is 7.64. The molecule has 2 saturated heterocycles. The Hall–Kier alpha value is -0.0500. The lowest BCUT2D eigenvalue weighted by Crippen LogP contribution is -2.48. The van der Waals surface area contributed by atoms with Gasteiger partial charge in [-0.25, -0.2) is 0 Å². The highest BCUT2D eigenvalue weighted by Crippen LogP contribution is 2.30. The van der Waals surface area contributed by atoms with Gasteiger partial charge in [0.1, 0.15) is 7.60 Å². The van der Waals surface area contributed by atoms with Crippen LogP contribution in [-0.2, 0) is 9.30 Å². The first kappa shape index (κ1) is 20.3. The van der Waals surface area contributed by atoms with Crippen molar-refractivity contribution in [3.05, 3.63) is 0 Å². The minimum Gasteiger partial charge on any atom is -0.778 e. The standard InChI is InChI=1S/C15H32N3O5P/c1-13(19)7-16-3-5-17-8-14(2)23-11-15(9-17)10-18(6-4-16)12-24(20,21)22/h13-15,19H,3-12H2,1-2H3,(H2,20,21,22)/p-1/t13-,14-,15?/m0/s1. The van der Waals surface area contributed by atoms with Crippen LogP contribution in [0.1, 0.15) is 13.8 Å². The molecule has 0 aromatic carbocycles. The Morgan fingerprint density at radius 2 is 1.88 bits per heavy atom. The van der Waals surface area contributed by atoms with Gasteiger partial charge >= 0.3 is 0 Å². The van der Waals surface area contributed by atoms with Crippen molar-refractivity contribution in [1.82, 2.24) is 14.7 Å². The van der Waals surface area contributed by atoms with Crippen LogP contribution in [0.2, 0.25) is 0 Å². The van der Waals surface area contributed by atoms with Crippen LogP contribution in [0.4, 0.5) is 0 Å². The second-order valence-corrected chi connectivity index (χ2v) is 8.83. The molecule has 2 heterocycles. The smallest absolute Gasteiger partial charge is 0.146 e. The van der Waals surface area contributed by atoms with Gasteiger partial charge in [-0.2, -0.15) is 0 Å². The van der Waals surface area contributed by atoms with Crippen LogP contribution in [0, 0.1) is 5.92 Å². The summed E-state index contributed by atoms with van der Waals surface area (Å²) >= 11 is 0. The molecule has 0 radical (unpaired) electrons. The van der Waals surface area contributed by atoms with Gasteiger partial charge in [-0.1, -0.05) is 0 Å². The van der Waals surface area contributed by atoms with Crippen molar-refractivity contribution in [2.24, 2.45) is 5.92 Å². The Labute approximate surface area is 144 Å². The zero-order valence-corrected chi connectivity index (χ0v) is 15.6. The van der Waals surface area contributed by atoms with Gasteiger partial charge in [-0.3, -0.25) is 14.7 Å². The van der Waals surface area contributed by atoms with Gasteiger partial charge in [0, 0.05) is 58.3 Å². The number of β-amino-alcohol motifs (C(OH)–C–C–N with tert-alkyl or cyclic N) is 1. The SMILES string of the molecule is C[C@H](O)CN1CCN2CC(CO[C@@H](C)C2)CN(CP(=O)([O-])O)CC1. The van der Waals surface area contributed by atoms with Crippen LogP contribution in [0.3, 0.4) is 0 Å². The quantitative estimate of drug-likeness (QED) is 0.602. The zero-order valence-electron chi connectivity index (χ0n) is 14.7. The molecule has 8 nitrogen and oxygen atoms in total. The molecule has 2 aliphatic rings. The van der Waals surface area contributed by atoms with E-state index in [2.05, 4.69) is 16.7 Å². The van der Waals surface area contributed by atoms with E-state index in [1.807, 2.05) is 0 Å². The molecule has 2 rings (SSSR count). The van der Waals surface area contributed by atoms with Crippen molar-refractivity contribution >= 4 is 7.60 Å². The molecule has 24 heavy (non-hydrogen) atoms. The summed E-state index contributed by atoms with van der Waals surface area (Å²) in [7, 11) is -4.34. The fourth-order valence-electron chi connectivity index (χ4n) is 3.57. The highest BCUT2D eigenvalue weighted by molar-refractivity contribution is 7.50. The van der Waals surface area contributed by atoms with Gasteiger partial charge in [0.2, 0.25) is 0 Å². The molecular formula is C15H31N3O5P-. The molecule has 0 spiro atoms. The van der Waals surface area contributed by atoms with Crippen molar-refractivity contribution < 1.29 is 24.2 Å². The third-order valence-electron chi connectivity index (χ3n) is 4.53. The number of aliphatic hydroxyl groups is 1. The maximum absolute atomic E-state index is 11.4. The van der Waals surface area contributed by atoms with Crippen LogP contribution in [0.25, 0.3) is 0 Å². The van der Waals surface area contributed by atoms with Crippen LogP contribution in [-0.4, -0.2) is 102 Å². The van der Waals surface area contributed by atoms with Gasteiger partial charge in [0.05, 0.1) is 25.1 Å². The van der Waals surface area contributed by atoms with Gasteiger partial charge < -0.3 is 24.2 Å². The fraction of sp³-hybridized carbons (Fsp3) is 1.00. The van der Waals surface area contributed by atoms with E-state index in [0.29, 0.717) is 32.8 Å². The Bertz CT molecular complexity index is 433. The van der Waals surface area contributed by atoms with Gasteiger partial charge in [0.25, 0.3) is 0 Å². The monoisotopic (exact) mass is 364 g/mol. The molecule has 5 atom stereocenters. The third-order valence-corrected chi connectivity index (χ3v) is 5.29. The maximum Gasteiger partial charge on any atom is 0.146 e.